The predicted molar refractivity (Wildman–Crippen MR) is 137 cm³/mol. The van der Waals surface area contributed by atoms with Gasteiger partial charge in [-0.25, -0.2) is 4.79 Å². The van der Waals surface area contributed by atoms with Crippen LogP contribution in [-0.2, 0) is 9.59 Å². The van der Waals surface area contributed by atoms with Crippen LogP contribution < -0.4 is 16.0 Å². The molecule has 3 aliphatic heterocycles. The topological polar surface area (TPSA) is 90.5 Å². The molecule has 36 heavy (non-hydrogen) atoms. The molecule has 3 heterocycles. The molecule has 3 saturated heterocycles. The SMILES string of the molecule is O=C1NC(=O)C(CC(=O)N2CCC(c3ccc(C#Cc4ccccc4)cc3)CC2)(C2CCNCC2)N1. The molecular weight excluding hydrogens is 452 g/mol. The molecule has 3 N–H and O–H groups in total. The van der Waals surface area contributed by atoms with Crippen molar-refractivity contribution in [3.63, 3.8) is 0 Å². The Hall–Kier alpha value is -3.63. The van der Waals surface area contributed by atoms with Gasteiger partial charge in [-0.1, -0.05) is 42.2 Å². The van der Waals surface area contributed by atoms with Gasteiger partial charge in [-0.2, -0.15) is 0 Å². The van der Waals surface area contributed by atoms with Crippen LogP contribution in [0.25, 0.3) is 0 Å². The molecule has 0 radical (unpaired) electrons. The first-order valence-electron chi connectivity index (χ1n) is 12.8. The van der Waals surface area contributed by atoms with Crippen molar-refractivity contribution in [3.05, 3.63) is 71.3 Å². The van der Waals surface area contributed by atoms with Crippen LogP contribution in [0.5, 0.6) is 0 Å². The van der Waals surface area contributed by atoms with Gasteiger partial charge in [-0.3, -0.25) is 14.9 Å². The Morgan fingerprint density at radius 3 is 2.14 bits per heavy atom. The normalized spacial score (nSPS) is 22.9. The third kappa shape index (κ3) is 5.14. The molecule has 7 nitrogen and oxygen atoms in total. The molecule has 2 aromatic rings. The van der Waals surface area contributed by atoms with Crippen molar-refractivity contribution in [1.82, 2.24) is 20.9 Å². The summed E-state index contributed by atoms with van der Waals surface area (Å²) in [5.74, 6) is 6.32. The second-order valence-corrected chi connectivity index (χ2v) is 9.97. The van der Waals surface area contributed by atoms with Crippen molar-refractivity contribution in [1.29, 1.82) is 0 Å². The Kier molecular flexibility index (Phi) is 7.06. The molecule has 1 atom stereocenters. The Morgan fingerprint density at radius 2 is 1.53 bits per heavy atom. The average molecular weight is 485 g/mol. The van der Waals surface area contributed by atoms with E-state index >= 15 is 0 Å². The summed E-state index contributed by atoms with van der Waals surface area (Å²) in [5.41, 5.74) is 2.11. The van der Waals surface area contributed by atoms with E-state index in [-0.39, 0.29) is 24.2 Å². The molecule has 0 aliphatic carbocycles. The van der Waals surface area contributed by atoms with Crippen molar-refractivity contribution in [3.8, 4) is 11.8 Å². The monoisotopic (exact) mass is 484 g/mol. The van der Waals surface area contributed by atoms with Crippen LogP contribution in [-0.4, -0.2) is 54.5 Å². The largest absolute Gasteiger partial charge is 0.343 e. The number of imide groups is 1. The van der Waals surface area contributed by atoms with Crippen LogP contribution in [0.2, 0.25) is 0 Å². The molecule has 1 unspecified atom stereocenters. The molecule has 2 aromatic carbocycles. The molecule has 5 rings (SSSR count). The van der Waals surface area contributed by atoms with Gasteiger partial charge in [0.15, 0.2) is 0 Å². The molecule has 3 fully saturated rings. The van der Waals surface area contributed by atoms with Crippen molar-refractivity contribution < 1.29 is 14.4 Å². The molecule has 186 valence electrons. The van der Waals surface area contributed by atoms with Crippen LogP contribution in [0.3, 0.4) is 0 Å². The van der Waals surface area contributed by atoms with E-state index in [9.17, 15) is 14.4 Å². The lowest BCUT2D eigenvalue weighted by Gasteiger charge is -2.39. The van der Waals surface area contributed by atoms with Gasteiger partial charge in [0.25, 0.3) is 5.91 Å². The van der Waals surface area contributed by atoms with Gasteiger partial charge < -0.3 is 15.5 Å². The molecular formula is C29H32N4O3. The minimum Gasteiger partial charge on any atom is -0.343 e. The van der Waals surface area contributed by atoms with Crippen molar-refractivity contribution >= 4 is 17.8 Å². The fourth-order valence-corrected chi connectivity index (χ4v) is 5.69. The van der Waals surface area contributed by atoms with Crippen LogP contribution in [0.15, 0.2) is 54.6 Å². The number of likely N-dealkylation sites (tertiary alicyclic amines) is 1. The number of hydrogen-bond acceptors (Lipinski definition) is 4. The second kappa shape index (κ2) is 10.5. The van der Waals surface area contributed by atoms with E-state index in [0.717, 1.165) is 49.9 Å². The molecule has 0 aromatic heterocycles. The first-order valence-corrected chi connectivity index (χ1v) is 12.8. The standard InChI is InChI=1S/C29H32N4O3/c34-26(20-29(25-12-16-30-17-13-25)27(35)31-28(36)32-29)33-18-14-24(15-19-33)23-10-8-22(9-11-23)7-6-21-4-2-1-3-5-21/h1-5,8-11,24-25,30H,12-20H2,(H2,31,32,35,36). The number of piperidine rings is 2. The number of hydrogen-bond donors (Lipinski definition) is 3. The first kappa shape index (κ1) is 24.1. The highest BCUT2D eigenvalue weighted by Crippen LogP contribution is 2.34. The Labute approximate surface area is 212 Å². The van der Waals surface area contributed by atoms with Crippen molar-refractivity contribution in [2.75, 3.05) is 26.2 Å². The lowest BCUT2D eigenvalue weighted by molar-refractivity contribution is -0.139. The minimum atomic E-state index is -1.14. The molecule has 3 aliphatic rings. The number of nitrogens with zero attached hydrogens (tertiary/aromatic N) is 1. The zero-order chi connectivity index (χ0) is 25.0. The highest BCUT2D eigenvalue weighted by Gasteiger charge is 2.53. The van der Waals surface area contributed by atoms with E-state index in [1.165, 1.54) is 5.56 Å². The fraction of sp³-hybridized carbons (Fsp3) is 0.414. The maximum absolute atomic E-state index is 13.3. The summed E-state index contributed by atoms with van der Waals surface area (Å²) in [5, 5.41) is 8.50. The summed E-state index contributed by atoms with van der Waals surface area (Å²) in [6.45, 7) is 2.87. The highest BCUT2D eigenvalue weighted by atomic mass is 16.2. The highest BCUT2D eigenvalue weighted by molar-refractivity contribution is 6.09. The number of urea groups is 1. The smallest absolute Gasteiger partial charge is 0.322 e. The zero-order valence-corrected chi connectivity index (χ0v) is 20.4. The Morgan fingerprint density at radius 1 is 0.889 bits per heavy atom. The van der Waals surface area contributed by atoms with E-state index < -0.39 is 11.6 Å². The summed E-state index contributed by atoms with van der Waals surface area (Å²) >= 11 is 0. The molecule has 7 heteroatoms. The minimum absolute atomic E-state index is 0.0225. The van der Waals surface area contributed by atoms with Gasteiger partial charge in [-0.15, -0.1) is 0 Å². The van der Waals surface area contributed by atoms with Crippen LogP contribution in [0.1, 0.15) is 54.7 Å². The number of rotatable bonds is 4. The lowest BCUT2D eigenvalue weighted by Crippen LogP contribution is -2.58. The summed E-state index contributed by atoms with van der Waals surface area (Å²) < 4.78 is 0. The van der Waals surface area contributed by atoms with E-state index in [1.807, 2.05) is 35.2 Å². The third-order valence-corrected chi connectivity index (χ3v) is 7.79. The van der Waals surface area contributed by atoms with Gasteiger partial charge in [0.05, 0.1) is 6.42 Å². The van der Waals surface area contributed by atoms with E-state index in [4.69, 9.17) is 0 Å². The van der Waals surface area contributed by atoms with Gasteiger partial charge >= 0.3 is 6.03 Å². The number of nitrogens with one attached hydrogen (secondary N) is 3. The Balaban J connectivity index is 1.19. The van der Waals surface area contributed by atoms with Gasteiger partial charge in [-0.05, 0) is 80.4 Å². The quantitative estimate of drug-likeness (QED) is 0.460. The van der Waals surface area contributed by atoms with Gasteiger partial charge in [0.1, 0.15) is 5.54 Å². The van der Waals surface area contributed by atoms with E-state index in [0.29, 0.717) is 19.0 Å². The molecule has 4 amide bonds. The number of benzene rings is 2. The molecule has 0 bridgehead atoms. The fourth-order valence-electron chi connectivity index (χ4n) is 5.69. The molecule has 0 saturated carbocycles. The van der Waals surface area contributed by atoms with Crippen LogP contribution >= 0.6 is 0 Å². The molecule has 0 spiro atoms. The summed E-state index contributed by atoms with van der Waals surface area (Å²) in [4.78, 5) is 40.0. The van der Waals surface area contributed by atoms with Crippen LogP contribution in [0, 0.1) is 17.8 Å². The number of carbonyl (C=O) groups excluding carboxylic acids is 3. The zero-order valence-electron chi connectivity index (χ0n) is 20.4. The van der Waals surface area contributed by atoms with Gasteiger partial charge in [0, 0.05) is 24.2 Å². The van der Waals surface area contributed by atoms with Crippen molar-refractivity contribution in [2.24, 2.45) is 5.92 Å². The first-order chi connectivity index (χ1) is 17.5. The van der Waals surface area contributed by atoms with Gasteiger partial charge in [0.2, 0.25) is 5.91 Å². The predicted octanol–water partition coefficient (Wildman–Crippen LogP) is 2.76. The Bertz CT molecular complexity index is 1170. The summed E-state index contributed by atoms with van der Waals surface area (Å²) in [6, 6.07) is 17.8. The second-order valence-electron chi connectivity index (χ2n) is 9.97. The van der Waals surface area contributed by atoms with E-state index in [1.54, 1.807) is 0 Å². The summed E-state index contributed by atoms with van der Waals surface area (Å²) in [7, 11) is 0. The third-order valence-electron chi connectivity index (χ3n) is 7.79. The lowest BCUT2D eigenvalue weighted by atomic mass is 9.75. The maximum atomic E-state index is 13.3. The van der Waals surface area contributed by atoms with E-state index in [2.05, 4.69) is 52.1 Å². The average Bonchev–Trinajstić information content (AvgIpc) is 3.22. The summed E-state index contributed by atoms with van der Waals surface area (Å²) in [6.07, 6.45) is 3.29. The number of carbonyl (C=O) groups is 3. The van der Waals surface area contributed by atoms with Crippen molar-refractivity contribution in [2.45, 2.75) is 43.6 Å². The maximum Gasteiger partial charge on any atom is 0.322 e. The number of amides is 4. The van der Waals surface area contributed by atoms with Crippen LogP contribution in [0.4, 0.5) is 4.79 Å².